The molecule has 4 saturated carbocycles. The van der Waals surface area contributed by atoms with Gasteiger partial charge in [0.25, 0.3) is 0 Å². The molecule has 9 nitrogen and oxygen atoms in total. The Morgan fingerprint density at radius 1 is 0.943 bits per heavy atom. The van der Waals surface area contributed by atoms with Crippen molar-refractivity contribution in [1.29, 1.82) is 0 Å². The van der Waals surface area contributed by atoms with Crippen LogP contribution in [-0.4, -0.2) is 60.7 Å². The van der Waals surface area contributed by atoms with Gasteiger partial charge in [-0.2, -0.15) is 10.2 Å². The van der Waals surface area contributed by atoms with E-state index in [1.807, 2.05) is 0 Å². The van der Waals surface area contributed by atoms with E-state index in [9.17, 15) is 5.11 Å². The molecule has 0 aromatic rings. The molecule has 4 aliphatic carbocycles. The lowest BCUT2D eigenvalue weighted by Gasteiger charge is -2.63. The zero-order valence-corrected chi connectivity index (χ0v) is 21.3. The highest BCUT2D eigenvalue weighted by atomic mass is 16.3. The van der Waals surface area contributed by atoms with Crippen LogP contribution in [0.1, 0.15) is 71.6 Å². The lowest BCUT2D eigenvalue weighted by molar-refractivity contribution is -0.198. The van der Waals surface area contributed by atoms with Gasteiger partial charge in [-0.15, -0.1) is 0 Å². The van der Waals surface area contributed by atoms with Gasteiger partial charge in [0.1, 0.15) is 0 Å². The monoisotopic (exact) mass is 482 g/mol. The number of rotatable bonds is 3. The Morgan fingerprint density at radius 3 is 2.46 bits per heavy atom. The van der Waals surface area contributed by atoms with Crippen molar-refractivity contribution in [2.24, 2.45) is 54.7 Å². The van der Waals surface area contributed by atoms with E-state index >= 15 is 0 Å². The maximum atomic E-state index is 12.3. The van der Waals surface area contributed by atoms with Gasteiger partial charge in [-0.1, -0.05) is 13.8 Å². The lowest BCUT2D eigenvalue weighted by Crippen LogP contribution is -2.62. The molecule has 7 atom stereocenters. The van der Waals surface area contributed by atoms with Crippen LogP contribution in [0.3, 0.4) is 0 Å². The van der Waals surface area contributed by atoms with Crippen molar-refractivity contribution in [3.8, 4) is 0 Å². The third-order valence-corrected chi connectivity index (χ3v) is 10.9. The van der Waals surface area contributed by atoms with Crippen LogP contribution in [0.15, 0.2) is 20.2 Å². The second-order valence-electron chi connectivity index (χ2n) is 12.2. The van der Waals surface area contributed by atoms with Gasteiger partial charge < -0.3 is 15.7 Å². The van der Waals surface area contributed by atoms with E-state index in [1.165, 1.54) is 25.0 Å². The zero-order valence-electron chi connectivity index (χ0n) is 21.3. The van der Waals surface area contributed by atoms with Gasteiger partial charge in [-0.05, 0) is 81.0 Å². The normalized spacial score (nSPS) is 45.7. The molecule has 6 rings (SSSR count). The van der Waals surface area contributed by atoms with Crippen LogP contribution in [0.5, 0.6) is 0 Å². The van der Waals surface area contributed by atoms with E-state index in [-0.39, 0.29) is 5.41 Å². The van der Waals surface area contributed by atoms with Crippen LogP contribution in [0.2, 0.25) is 0 Å². The predicted octanol–water partition coefficient (Wildman–Crippen LogP) is 2.20. The summed E-state index contributed by atoms with van der Waals surface area (Å²) in [6.07, 6.45) is 11.9. The van der Waals surface area contributed by atoms with Crippen molar-refractivity contribution in [3.63, 3.8) is 0 Å². The highest BCUT2D eigenvalue weighted by Crippen LogP contribution is 2.68. The Hall–Kier alpha value is -2.16. The number of nitrogens with zero attached hydrogens (tertiary/aromatic N) is 4. The minimum Gasteiger partial charge on any atom is -0.389 e. The van der Waals surface area contributed by atoms with E-state index in [0.717, 1.165) is 76.6 Å². The zero-order chi connectivity index (χ0) is 24.1. The van der Waals surface area contributed by atoms with Gasteiger partial charge in [0.05, 0.1) is 18.7 Å². The van der Waals surface area contributed by atoms with Crippen molar-refractivity contribution in [2.45, 2.75) is 77.2 Å². The Kier molecular flexibility index (Phi) is 5.81. The molecule has 35 heavy (non-hydrogen) atoms. The smallest absolute Gasteiger partial charge is 0.212 e. The van der Waals surface area contributed by atoms with Gasteiger partial charge in [0, 0.05) is 36.3 Å². The molecule has 6 aliphatic rings. The first kappa shape index (κ1) is 23.3. The molecule has 0 bridgehead atoms. The maximum Gasteiger partial charge on any atom is 0.212 e. The Bertz CT molecular complexity index is 961. The average molecular weight is 483 g/mol. The molecular weight excluding hydrogens is 440 g/mol. The summed E-state index contributed by atoms with van der Waals surface area (Å²) >= 11 is 0. The van der Waals surface area contributed by atoms with Gasteiger partial charge in [0.15, 0.2) is 0 Å². The van der Waals surface area contributed by atoms with Gasteiger partial charge >= 0.3 is 0 Å². The second-order valence-corrected chi connectivity index (χ2v) is 12.2. The minimum atomic E-state index is -0.591. The van der Waals surface area contributed by atoms with Crippen molar-refractivity contribution < 1.29 is 5.11 Å². The van der Waals surface area contributed by atoms with Crippen LogP contribution in [0.4, 0.5) is 0 Å². The highest BCUT2D eigenvalue weighted by molar-refractivity contribution is 5.88. The molecule has 2 heterocycles. The van der Waals surface area contributed by atoms with Gasteiger partial charge in [-0.3, -0.25) is 0 Å². The van der Waals surface area contributed by atoms with Crippen LogP contribution in [0.25, 0.3) is 0 Å². The molecule has 192 valence electrons. The first-order valence-electron chi connectivity index (χ1n) is 13.8. The summed E-state index contributed by atoms with van der Waals surface area (Å²) in [7, 11) is 0. The van der Waals surface area contributed by atoms with E-state index < -0.39 is 5.60 Å². The summed E-state index contributed by atoms with van der Waals surface area (Å²) in [6, 6.07) is 0. The maximum absolute atomic E-state index is 12.3. The van der Waals surface area contributed by atoms with Crippen LogP contribution >= 0.6 is 0 Å². The number of guanidine groups is 2. The second kappa shape index (κ2) is 8.75. The number of aliphatic imine (C=N–C) groups is 2. The fourth-order valence-electron chi connectivity index (χ4n) is 8.67. The highest BCUT2D eigenvalue weighted by Gasteiger charge is 2.66. The fourth-order valence-corrected chi connectivity index (χ4v) is 8.67. The Balaban J connectivity index is 1.15. The largest absolute Gasteiger partial charge is 0.389 e. The molecule has 0 aromatic heterocycles. The van der Waals surface area contributed by atoms with Crippen molar-refractivity contribution in [2.75, 3.05) is 26.2 Å². The van der Waals surface area contributed by atoms with E-state index in [2.05, 4.69) is 56.6 Å². The number of hydrazone groups is 2. The number of hydrogen-bond donors (Lipinski definition) is 5. The summed E-state index contributed by atoms with van der Waals surface area (Å²) in [5, 5.41) is 28.0. The van der Waals surface area contributed by atoms with Gasteiger partial charge in [-0.25, -0.2) is 20.8 Å². The summed E-state index contributed by atoms with van der Waals surface area (Å²) in [5.41, 5.74) is 7.10. The molecule has 0 saturated heterocycles. The molecule has 9 heteroatoms. The quantitative estimate of drug-likeness (QED) is 0.312. The van der Waals surface area contributed by atoms with Crippen LogP contribution < -0.4 is 21.5 Å². The first-order valence-corrected chi connectivity index (χ1v) is 13.8. The predicted molar refractivity (Wildman–Crippen MR) is 139 cm³/mol. The minimum absolute atomic E-state index is 0.104. The summed E-state index contributed by atoms with van der Waals surface area (Å²) in [4.78, 5) is 8.76. The molecule has 0 radical (unpaired) electrons. The van der Waals surface area contributed by atoms with Crippen LogP contribution in [0, 0.1) is 34.5 Å². The molecule has 5 N–H and O–H groups in total. The third kappa shape index (κ3) is 3.76. The van der Waals surface area contributed by atoms with E-state index in [4.69, 9.17) is 5.10 Å². The summed E-state index contributed by atoms with van der Waals surface area (Å²) in [5.74, 6) is 3.52. The van der Waals surface area contributed by atoms with Crippen LogP contribution in [-0.2, 0) is 0 Å². The van der Waals surface area contributed by atoms with E-state index in [1.54, 1.807) is 0 Å². The fraction of sp³-hybridized carbons (Fsp3) is 0.846. The topological polar surface area (TPSA) is 118 Å². The molecule has 0 amide bonds. The Morgan fingerprint density at radius 2 is 1.71 bits per heavy atom. The van der Waals surface area contributed by atoms with Crippen molar-refractivity contribution in [1.82, 2.24) is 21.5 Å². The molecule has 2 aliphatic heterocycles. The number of fused-ring (bicyclic) bond motifs is 5. The number of hydrogen-bond acceptors (Lipinski definition) is 9. The molecular formula is C26H42N8O. The number of aliphatic hydroxyl groups is 1. The Labute approximate surface area is 208 Å². The average Bonchev–Trinajstić information content (AvgIpc) is 3.60. The standard InChI is InChI=1S/C26H42N8O/c1-24-8-6-19(32-34-23-29-13-14-30-23)15-17(24)3-4-21-20(24)7-9-25(2)18(5-10-26(21,25)35)16-31-33-22-27-11-12-28-22/h16-18,20-21,35H,3-15H2,1-2H3,(H2,27,28,33)(H2,29,30,34)/t17?,18?,20-,21-,24+,25-,26-/m1/s1. The van der Waals surface area contributed by atoms with Gasteiger partial charge in [0.2, 0.25) is 11.9 Å². The number of nitrogens with one attached hydrogen (secondary N) is 4. The third-order valence-electron chi connectivity index (χ3n) is 10.9. The van der Waals surface area contributed by atoms with Crippen molar-refractivity contribution in [3.05, 3.63) is 0 Å². The molecule has 4 fully saturated rings. The first-order chi connectivity index (χ1) is 16.9. The molecule has 2 unspecified atom stereocenters. The van der Waals surface area contributed by atoms with Crippen molar-refractivity contribution >= 4 is 23.8 Å². The molecule has 0 aromatic carbocycles. The summed E-state index contributed by atoms with van der Waals surface area (Å²) in [6.45, 7) is 8.27. The summed E-state index contributed by atoms with van der Waals surface area (Å²) < 4.78 is 0. The molecule has 0 spiro atoms. The lowest BCUT2D eigenvalue weighted by atomic mass is 9.43. The SMILES string of the molecule is C[C@]12CCC(=NNC3=NCCN3)CC1CC[C@@H]1[C@H]2CC[C@]2(C)C(C=NNC3=NCCN3)CC[C@@]12O. The van der Waals surface area contributed by atoms with E-state index in [0.29, 0.717) is 29.1 Å².